The molecule has 3 aromatic carbocycles. The highest BCUT2D eigenvalue weighted by Crippen LogP contribution is 2.49. The lowest BCUT2D eigenvalue weighted by molar-refractivity contribution is -0.122. The number of halogens is 1. The van der Waals surface area contributed by atoms with Crippen LogP contribution < -0.4 is 10.2 Å². The van der Waals surface area contributed by atoms with Gasteiger partial charge in [-0.2, -0.15) is 5.10 Å². The Balaban J connectivity index is 1.71. The Kier molecular flexibility index (Phi) is 8.62. The largest absolute Gasteiger partial charge is 0.385 e. The number of rotatable bonds is 9. The fraction of sp³-hybridized carbons (Fsp3) is 0.258. The Bertz CT molecular complexity index is 1490. The van der Waals surface area contributed by atoms with Gasteiger partial charge in [0, 0.05) is 31.4 Å². The highest BCUT2D eigenvalue weighted by atomic mass is 32.2. The van der Waals surface area contributed by atoms with E-state index in [1.54, 1.807) is 23.9 Å². The summed E-state index contributed by atoms with van der Waals surface area (Å²) in [7, 11) is 1.61. The second kappa shape index (κ2) is 12.5. The molecule has 0 fully saturated rings. The lowest BCUT2D eigenvalue weighted by Crippen LogP contribution is -2.42. The minimum absolute atomic E-state index is 0.166. The third kappa shape index (κ3) is 5.80. The van der Waals surface area contributed by atoms with Gasteiger partial charge in [-0.3, -0.25) is 14.5 Å². The molecule has 1 aromatic heterocycles. The summed E-state index contributed by atoms with van der Waals surface area (Å²) < 4.78 is 20.7. The standard InChI is InChI=1S/C31H31FN4O3S/c1-21-9-6-7-12-25(21)30-28-29(22-10-4-3-5-11-22)34-36(24-15-13-23(32)14-16-24)31(28)35(27(38)20-40-30)19-26(37)33-17-8-18-39-2/h3-7,9-16,30H,8,17-20H2,1-2H3,(H,33,37). The Labute approximate surface area is 237 Å². The zero-order chi connectivity index (χ0) is 28.1. The number of ether oxygens (including phenoxy) is 1. The zero-order valence-electron chi connectivity index (χ0n) is 22.5. The Morgan fingerprint density at radius 3 is 2.52 bits per heavy atom. The van der Waals surface area contributed by atoms with E-state index in [1.165, 1.54) is 28.8 Å². The van der Waals surface area contributed by atoms with Crippen molar-refractivity contribution in [1.82, 2.24) is 15.1 Å². The van der Waals surface area contributed by atoms with Crippen LogP contribution in [0.5, 0.6) is 0 Å². The summed E-state index contributed by atoms with van der Waals surface area (Å²) in [5.74, 6) is -0.148. The molecule has 2 heterocycles. The van der Waals surface area contributed by atoms with Crippen LogP contribution in [0.2, 0.25) is 0 Å². The first-order valence-corrected chi connectivity index (χ1v) is 14.2. The number of methoxy groups -OCH3 is 1. The Morgan fingerprint density at radius 2 is 1.80 bits per heavy atom. The smallest absolute Gasteiger partial charge is 0.240 e. The molecular formula is C31H31FN4O3S. The van der Waals surface area contributed by atoms with E-state index >= 15 is 0 Å². The highest BCUT2D eigenvalue weighted by Gasteiger charge is 2.38. The van der Waals surface area contributed by atoms with Gasteiger partial charge in [-0.15, -0.1) is 11.8 Å². The molecule has 0 saturated carbocycles. The number of hydrogen-bond donors (Lipinski definition) is 1. The number of thioether (sulfide) groups is 1. The van der Waals surface area contributed by atoms with Gasteiger partial charge in [0.25, 0.3) is 0 Å². The van der Waals surface area contributed by atoms with Crippen molar-refractivity contribution < 1.29 is 18.7 Å². The molecule has 1 atom stereocenters. The molecule has 1 N–H and O–H groups in total. The average Bonchev–Trinajstić information content (AvgIpc) is 3.29. The van der Waals surface area contributed by atoms with Gasteiger partial charge in [0.1, 0.15) is 18.2 Å². The second-order valence-corrected chi connectivity index (χ2v) is 10.7. The minimum atomic E-state index is -0.373. The molecule has 1 aliphatic heterocycles. The minimum Gasteiger partial charge on any atom is -0.385 e. The summed E-state index contributed by atoms with van der Waals surface area (Å²) in [6, 6.07) is 23.9. The van der Waals surface area contributed by atoms with Gasteiger partial charge < -0.3 is 10.1 Å². The lowest BCUT2D eigenvalue weighted by atomic mass is 9.97. The lowest BCUT2D eigenvalue weighted by Gasteiger charge is -2.23. The van der Waals surface area contributed by atoms with Gasteiger partial charge in [0.05, 0.1) is 22.4 Å². The number of aromatic nitrogens is 2. The molecule has 0 radical (unpaired) electrons. The van der Waals surface area contributed by atoms with Crippen LogP contribution in [-0.2, 0) is 14.3 Å². The number of nitrogens with zero attached hydrogens (tertiary/aromatic N) is 3. The van der Waals surface area contributed by atoms with Crippen LogP contribution in [0.4, 0.5) is 10.2 Å². The van der Waals surface area contributed by atoms with Crippen molar-refractivity contribution >= 4 is 29.4 Å². The van der Waals surface area contributed by atoms with Gasteiger partial charge in [-0.25, -0.2) is 9.07 Å². The van der Waals surface area contributed by atoms with E-state index in [1.807, 2.05) is 42.5 Å². The number of amides is 2. The van der Waals surface area contributed by atoms with Crippen LogP contribution in [0.1, 0.15) is 28.4 Å². The molecule has 4 aromatic rings. The maximum Gasteiger partial charge on any atom is 0.240 e. The Hall–Kier alpha value is -3.95. The molecule has 0 saturated heterocycles. The van der Waals surface area contributed by atoms with Crippen LogP contribution in [0, 0.1) is 12.7 Å². The predicted octanol–water partition coefficient (Wildman–Crippen LogP) is 5.31. The normalized spacial score (nSPS) is 15.0. The molecule has 0 bridgehead atoms. The molecule has 7 nitrogen and oxygen atoms in total. The predicted molar refractivity (Wildman–Crippen MR) is 156 cm³/mol. The summed E-state index contributed by atoms with van der Waals surface area (Å²) in [5.41, 5.74) is 5.19. The summed E-state index contributed by atoms with van der Waals surface area (Å²) in [6.45, 7) is 2.86. The van der Waals surface area contributed by atoms with E-state index in [9.17, 15) is 14.0 Å². The van der Waals surface area contributed by atoms with Crippen molar-refractivity contribution in [3.63, 3.8) is 0 Å². The maximum atomic E-state index is 13.9. The van der Waals surface area contributed by atoms with Gasteiger partial charge >= 0.3 is 0 Å². The van der Waals surface area contributed by atoms with E-state index in [4.69, 9.17) is 9.84 Å². The molecule has 206 valence electrons. The van der Waals surface area contributed by atoms with Crippen molar-refractivity contribution in [2.45, 2.75) is 18.6 Å². The number of aryl methyl sites for hydroxylation is 1. The number of anilines is 1. The van der Waals surface area contributed by atoms with E-state index in [2.05, 4.69) is 24.4 Å². The number of nitrogens with one attached hydrogen (secondary N) is 1. The number of fused-ring (bicyclic) bond motifs is 1. The highest BCUT2D eigenvalue weighted by molar-refractivity contribution is 8.00. The topological polar surface area (TPSA) is 76.5 Å². The van der Waals surface area contributed by atoms with Crippen LogP contribution >= 0.6 is 11.8 Å². The maximum absolute atomic E-state index is 13.9. The molecule has 1 aliphatic rings. The quantitative estimate of drug-likeness (QED) is 0.282. The van der Waals surface area contributed by atoms with Crippen molar-refractivity contribution in [3.8, 4) is 16.9 Å². The number of hydrogen-bond acceptors (Lipinski definition) is 5. The van der Waals surface area contributed by atoms with Crippen LogP contribution in [0.15, 0.2) is 78.9 Å². The van der Waals surface area contributed by atoms with Crippen LogP contribution in [-0.4, -0.2) is 54.2 Å². The average molecular weight is 559 g/mol. The van der Waals surface area contributed by atoms with E-state index < -0.39 is 0 Å². The van der Waals surface area contributed by atoms with Gasteiger partial charge in [0.2, 0.25) is 11.8 Å². The summed E-state index contributed by atoms with van der Waals surface area (Å²) in [5, 5.41) is 7.70. The molecule has 40 heavy (non-hydrogen) atoms. The fourth-order valence-electron chi connectivity index (χ4n) is 4.86. The monoisotopic (exact) mass is 558 g/mol. The SMILES string of the molecule is COCCCNC(=O)CN1C(=O)CSC(c2ccccc2C)c2c(-c3ccccc3)nn(-c3ccc(F)cc3)c21. The van der Waals surface area contributed by atoms with Crippen molar-refractivity contribution in [3.05, 3.63) is 101 Å². The van der Waals surface area contributed by atoms with E-state index in [0.29, 0.717) is 36.8 Å². The molecule has 1 unspecified atom stereocenters. The van der Waals surface area contributed by atoms with Crippen molar-refractivity contribution in [2.24, 2.45) is 0 Å². The molecule has 5 rings (SSSR count). The fourth-order valence-corrected chi connectivity index (χ4v) is 6.15. The van der Waals surface area contributed by atoms with E-state index in [-0.39, 0.29) is 35.2 Å². The number of carbonyl (C=O) groups is 2. The third-order valence-corrected chi connectivity index (χ3v) is 8.06. The van der Waals surface area contributed by atoms with Gasteiger partial charge in [0.15, 0.2) is 0 Å². The molecular weight excluding hydrogens is 527 g/mol. The van der Waals surface area contributed by atoms with Crippen LogP contribution in [0.25, 0.3) is 16.9 Å². The Morgan fingerprint density at radius 1 is 1.07 bits per heavy atom. The molecule has 0 aliphatic carbocycles. The first kappa shape index (κ1) is 27.6. The number of benzene rings is 3. The molecule has 0 spiro atoms. The summed E-state index contributed by atoms with van der Waals surface area (Å²) in [6.07, 6.45) is 0.665. The zero-order valence-corrected chi connectivity index (χ0v) is 23.3. The van der Waals surface area contributed by atoms with Gasteiger partial charge in [-0.05, 0) is 48.7 Å². The van der Waals surface area contributed by atoms with Crippen molar-refractivity contribution in [2.75, 3.05) is 37.5 Å². The van der Waals surface area contributed by atoms with Crippen LogP contribution in [0.3, 0.4) is 0 Å². The van der Waals surface area contributed by atoms with E-state index in [0.717, 1.165) is 22.3 Å². The first-order valence-electron chi connectivity index (χ1n) is 13.2. The molecule has 2 amide bonds. The van der Waals surface area contributed by atoms with Crippen molar-refractivity contribution in [1.29, 1.82) is 0 Å². The third-order valence-electron chi connectivity index (χ3n) is 6.83. The molecule has 9 heteroatoms. The van der Waals surface area contributed by atoms with Gasteiger partial charge in [-0.1, -0.05) is 54.6 Å². The second-order valence-electron chi connectivity index (χ2n) is 9.56. The number of carbonyl (C=O) groups excluding carboxylic acids is 2. The summed E-state index contributed by atoms with van der Waals surface area (Å²) >= 11 is 1.52. The summed E-state index contributed by atoms with van der Waals surface area (Å²) in [4.78, 5) is 28.3. The first-order chi connectivity index (χ1) is 19.5.